The maximum absolute atomic E-state index is 13.1. The number of nitrogens with one attached hydrogen (secondary N) is 3. The number of methoxy groups -OCH3 is 1. The Balaban J connectivity index is 1.46. The van der Waals surface area contributed by atoms with E-state index in [2.05, 4.69) is 20.6 Å². The van der Waals surface area contributed by atoms with Crippen molar-refractivity contribution in [2.75, 3.05) is 31.0 Å². The number of likely N-dealkylation sites (N-methyl/N-ethyl adjacent to an activating group) is 1. The first-order chi connectivity index (χ1) is 17.4. The highest BCUT2D eigenvalue weighted by Crippen LogP contribution is 2.32. The van der Waals surface area contributed by atoms with Crippen LogP contribution in [0, 0.1) is 0 Å². The van der Waals surface area contributed by atoms with Gasteiger partial charge in [-0.15, -0.1) is 11.3 Å². The monoisotopic (exact) mass is 503 g/mol. The number of nitrogens with zero attached hydrogens (tertiary/aromatic N) is 2. The molecule has 0 saturated heterocycles. The Kier molecular flexibility index (Phi) is 6.53. The second kappa shape index (κ2) is 9.92. The Morgan fingerprint density at radius 3 is 2.61 bits per heavy atom. The van der Waals surface area contributed by atoms with Crippen LogP contribution in [0.5, 0.6) is 0 Å². The van der Waals surface area contributed by atoms with E-state index in [4.69, 9.17) is 4.74 Å². The lowest BCUT2D eigenvalue weighted by atomic mass is 10.1. The number of aromatic amines is 1. The van der Waals surface area contributed by atoms with Crippen LogP contribution in [0.1, 0.15) is 32.9 Å². The second-order valence-electron chi connectivity index (χ2n) is 8.59. The number of benzene rings is 1. The molecular formula is C26H25N5O4S. The molecule has 3 aromatic heterocycles. The summed E-state index contributed by atoms with van der Waals surface area (Å²) in [5.41, 5.74) is 2.61. The van der Waals surface area contributed by atoms with Crippen molar-refractivity contribution in [1.29, 1.82) is 0 Å². The number of pyridine rings is 1. The molecule has 4 aromatic rings. The Bertz CT molecular complexity index is 1440. The normalized spacial score (nSPS) is 12.9. The van der Waals surface area contributed by atoms with Crippen LogP contribution in [-0.4, -0.2) is 54.5 Å². The number of carbonyl (C=O) groups excluding carboxylic acids is 3. The summed E-state index contributed by atoms with van der Waals surface area (Å²) in [5.74, 6) is -0.458. The van der Waals surface area contributed by atoms with Gasteiger partial charge >= 0.3 is 0 Å². The minimum atomic E-state index is -0.319. The molecule has 0 bridgehead atoms. The number of rotatable bonds is 8. The molecule has 0 atom stereocenters. The van der Waals surface area contributed by atoms with E-state index in [1.165, 1.54) is 23.3 Å². The minimum absolute atomic E-state index is 0.0437. The number of fused-ring (bicyclic) bond motifs is 1. The zero-order valence-corrected chi connectivity index (χ0v) is 20.6. The molecule has 1 fully saturated rings. The van der Waals surface area contributed by atoms with Crippen molar-refractivity contribution < 1.29 is 19.1 Å². The third kappa shape index (κ3) is 4.86. The molecule has 1 saturated carbocycles. The highest BCUT2D eigenvalue weighted by molar-refractivity contribution is 7.17. The third-order valence-corrected chi connectivity index (χ3v) is 7.12. The summed E-state index contributed by atoms with van der Waals surface area (Å²) in [5, 5.41) is 6.55. The first kappa shape index (κ1) is 23.7. The van der Waals surface area contributed by atoms with Crippen LogP contribution in [-0.2, 0) is 9.53 Å². The van der Waals surface area contributed by atoms with Crippen molar-refractivity contribution in [3.63, 3.8) is 0 Å². The molecule has 1 aliphatic rings. The quantitative estimate of drug-likeness (QED) is 0.336. The summed E-state index contributed by atoms with van der Waals surface area (Å²) in [6.07, 6.45) is 5.30. The summed E-state index contributed by atoms with van der Waals surface area (Å²) in [4.78, 5) is 48.7. The number of H-pyrrole nitrogens is 1. The molecule has 10 heteroatoms. The van der Waals surface area contributed by atoms with Crippen LogP contribution in [0.4, 0.5) is 11.5 Å². The van der Waals surface area contributed by atoms with Gasteiger partial charge in [0.2, 0.25) is 0 Å². The lowest BCUT2D eigenvalue weighted by Gasteiger charge is -2.16. The van der Waals surface area contributed by atoms with Gasteiger partial charge in [-0.3, -0.25) is 19.4 Å². The summed E-state index contributed by atoms with van der Waals surface area (Å²) >= 11 is 1.36. The van der Waals surface area contributed by atoms with Crippen molar-refractivity contribution in [2.24, 2.45) is 0 Å². The van der Waals surface area contributed by atoms with Crippen molar-refractivity contribution >= 4 is 51.5 Å². The van der Waals surface area contributed by atoms with Crippen LogP contribution in [0.25, 0.3) is 21.3 Å². The van der Waals surface area contributed by atoms with E-state index < -0.39 is 0 Å². The third-order valence-electron chi connectivity index (χ3n) is 5.98. The summed E-state index contributed by atoms with van der Waals surface area (Å²) < 4.78 is 4.95. The second-order valence-corrected chi connectivity index (χ2v) is 9.68. The van der Waals surface area contributed by atoms with Gasteiger partial charge in [-0.2, -0.15) is 0 Å². The Morgan fingerprint density at radius 1 is 1.11 bits per heavy atom. The molecule has 5 rings (SSSR count). The number of amides is 3. The summed E-state index contributed by atoms with van der Waals surface area (Å²) in [7, 11) is 3.12. The molecule has 0 unspecified atom stereocenters. The van der Waals surface area contributed by atoms with Gasteiger partial charge in [0.15, 0.2) is 0 Å². The van der Waals surface area contributed by atoms with E-state index in [9.17, 15) is 14.4 Å². The number of hydrogen-bond acceptors (Lipinski definition) is 6. The fourth-order valence-corrected chi connectivity index (χ4v) is 4.79. The Morgan fingerprint density at radius 2 is 1.89 bits per heavy atom. The molecule has 3 N–H and O–H groups in total. The summed E-state index contributed by atoms with van der Waals surface area (Å²) in [6, 6.07) is 12.9. The molecular weight excluding hydrogens is 478 g/mol. The average Bonchev–Trinajstić information content (AvgIpc) is 3.42. The SMILES string of the molecule is COCC(=O)N(C)c1ccc2c(C(=O)NC3CC3)c(NC(=O)c3ccc(-c4ccncc4)s3)[nH]c2c1. The molecule has 1 aliphatic carbocycles. The first-order valence-corrected chi connectivity index (χ1v) is 12.3. The molecule has 184 valence electrons. The maximum Gasteiger partial charge on any atom is 0.266 e. The summed E-state index contributed by atoms with van der Waals surface area (Å²) in [6.45, 7) is -0.0437. The first-order valence-electron chi connectivity index (χ1n) is 11.5. The van der Waals surface area contributed by atoms with E-state index in [1.54, 1.807) is 43.7 Å². The van der Waals surface area contributed by atoms with E-state index >= 15 is 0 Å². The highest BCUT2D eigenvalue weighted by Gasteiger charge is 2.28. The van der Waals surface area contributed by atoms with Gasteiger partial charge in [-0.05, 0) is 60.9 Å². The molecule has 0 aliphatic heterocycles. The van der Waals surface area contributed by atoms with Gasteiger partial charge in [0, 0.05) is 54.1 Å². The van der Waals surface area contributed by atoms with E-state index in [0.29, 0.717) is 32.8 Å². The topological polar surface area (TPSA) is 116 Å². The molecule has 1 aromatic carbocycles. The fourth-order valence-electron chi connectivity index (χ4n) is 3.88. The van der Waals surface area contributed by atoms with Crippen LogP contribution < -0.4 is 15.5 Å². The van der Waals surface area contributed by atoms with Gasteiger partial charge in [0.05, 0.1) is 10.4 Å². The van der Waals surface area contributed by atoms with Crippen LogP contribution in [0.15, 0.2) is 54.9 Å². The zero-order valence-electron chi connectivity index (χ0n) is 19.8. The highest BCUT2D eigenvalue weighted by atomic mass is 32.1. The van der Waals surface area contributed by atoms with Crippen LogP contribution >= 0.6 is 11.3 Å². The number of carbonyl (C=O) groups is 3. The van der Waals surface area contributed by atoms with Crippen molar-refractivity contribution in [2.45, 2.75) is 18.9 Å². The lowest BCUT2D eigenvalue weighted by molar-refractivity contribution is -0.121. The molecule has 3 heterocycles. The van der Waals surface area contributed by atoms with Crippen LogP contribution in [0.2, 0.25) is 0 Å². The van der Waals surface area contributed by atoms with Gasteiger partial charge in [-0.1, -0.05) is 0 Å². The van der Waals surface area contributed by atoms with Gasteiger partial charge in [0.1, 0.15) is 12.4 Å². The number of anilines is 2. The predicted octanol–water partition coefficient (Wildman–Crippen LogP) is 4.05. The van der Waals surface area contributed by atoms with Gasteiger partial charge < -0.3 is 25.3 Å². The van der Waals surface area contributed by atoms with Crippen molar-refractivity contribution in [3.8, 4) is 10.4 Å². The molecule has 9 nitrogen and oxygen atoms in total. The van der Waals surface area contributed by atoms with Gasteiger partial charge in [-0.25, -0.2) is 0 Å². The molecule has 36 heavy (non-hydrogen) atoms. The largest absolute Gasteiger partial charge is 0.375 e. The predicted molar refractivity (Wildman–Crippen MR) is 140 cm³/mol. The smallest absolute Gasteiger partial charge is 0.266 e. The Labute approximate surface area is 211 Å². The van der Waals surface area contributed by atoms with Crippen molar-refractivity contribution in [1.82, 2.24) is 15.3 Å². The van der Waals surface area contributed by atoms with E-state index in [1.807, 2.05) is 18.2 Å². The molecule has 0 spiro atoms. The number of ether oxygens (including phenoxy) is 1. The van der Waals surface area contributed by atoms with Crippen molar-refractivity contribution in [3.05, 3.63) is 65.3 Å². The Hall–Kier alpha value is -4.02. The lowest BCUT2D eigenvalue weighted by Crippen LogP contribution is -2.29. The number of thiophene rings is 1. The molecule has 0 radical (unpaired) electrons. The maximum atomic E-state index is 13.1. The zero-order chi connectivity index (χ0) is 25.2. The van der Waals surface area contributed by atoms with Gasteiger partial charge in [0.25, 0.3) is 17.7 Å². The molecule has 3 amide bonds. The fraction of sp³-hybridized carbons (Fsp3) is 0.231. The van der Waals surface area contributed by atoms with Crippen LogP contribution in [0.3, 0.4) is 0 Å². The van der Waals surface area contributed by atoms with E-state index in [-0.39, 0.29) is 30.4 Å². The average molecular weight is 504 g/mol. The number of hydrogen-bond donors (Lipinski definition) is 3. The number of aromatic nitrogens is 2. The van der Waals surface area contributed by atoms with E-state index in [0.717, 1.165) is 23.3 Å². The minimum Gasteiger partial charge on any atom is -0.375 e. The standard InChI is InChI=1S/C26H25N5O4S/c1-31(22(32)14-35-2)17-5-6-18-19(13-17)29-24(23(18)26(34)28-16-3-4-16)30-25(33)21-8-7-20(36-21)15-9-11-27-12-10-15/h5-13,16,29H,3-4,14H2,1-2H3,(H,28,34)(H,30,33).